The maximum atomic E-state index is 14.6. The molecule has 0 heterocycles. The van der Waals surface area contributed by atoms with Crippen LogP contribution < -0.4 is 14.2 Å². The van der Waals surface area contributed by atoms with Crippen LogP contribution in [0.5, 0.6) is 17.2 Å². The summed E-state index contributed by atoms with van der Waals surface area (Å²) in [6.07, 6.45) is -4.54. The molecule has 0 aliphatic carbocycles. The molecule has 3 nitrogen and oxygen atoms in total. The maximum absolute atomic E-state index is 14.6. The molecule has 0 N–H and O–H groups in total. The molecule has 0 bridgehead atoms. The van der Waals surface area contributed by atoms with Gasteiger partial charge in [0.1, 0.15) is 17.2 Å². The second-order valence-electron chi connectivity index (χ2n) is 19.3. The lowest BCUT2D eigenvalue weighted by molar-refractivity contribution is -0.137. The summed E-state index contributed by atoms with van der Waals surface area (Å²) in [4.78, 5) is 0. The molecule has 0 aliphatic heterocycles. The molecule has 0 radical (unpaired) electrons. The summed E-state index contributed by atoms with van der Waals surface area (Å²) < 4.78 is 61.4. The van der Waals surface area contributed by atoms with Crippen molar-refractivity contribution in [2.24, 2.45) is 0 Å². The standard InChI is InChI=1S/C69H52ClF3O3/c1-41-15-19-45(20-16-41)61-57-39-59-60(40-58(57)62(46-23-29-52(30-24-46)69(71,72)73)65(44-12-8-7-9-13-44)66(61)49-27-33-54(74-4)34-28-49)64(50-14-10-11-43(3)35-50)68(51-36-55(75-5)38-56(37-51)76-6)67(48-21-17-42(2)18-22-48)63(59)47-25-31-53(70)32-26-47/h7-40H,1-6H3. The van der Waals surface area contributed by atoms with Crippen LogP contribution >= 0.6 is 11.6 Å². The molecule has 0 amide bonds. The fourth-order valence-corrected chi connectivity index (χ4v) is 10.9. The summed E-state index contributed by atoms with van der Waals surface area (Å²) in [5.74, 6) is 1.94. The normalized spacial score (nSPS) is 11.6. The smallest absolute Gasteiger partial charge is 0.416 e. The van der Waals surface area contributed by atoms with Gasteiger partial charge in [0.15, 0.2) is 0 Å². The highest BCUT2D eigenvalue weighted by molar-refractivity contribution is 6.31. The first-order valence-electron chi connectivity index (χ1n) is 25.1. The number of ether oxygens (including phenoxy) is 3. The second-order valence-corrected chi connectivity index (χ2v) is 19.8. The van der Waals surface area contributed by atoms with E-state index in [4.69, 9.17) is 25.8 Å². The van der Waals surface area contributed by atoms with E-state index in [1.165, 1.54) is 12.1 Å². The van der Waals surface area contributed by atoms with Crippen molar-refractivity contribution in [2.75, 3.05) is 21.3 Å². The largest absolute Gasteiger partial charge is 0.497 e. The zero-order valence-corrected chi connectivity index (χ0v) is 43.6. The second kappa shape index (κ2) is 20.3. The van der Waals surface area contributed by atoms with Crippen LogP contribution in [0.3, 0.4) is 0 Å². The molecule has 0 fully saturated rings. The van der Waals surface area contributed by atoms with Gasteiger partial charge in [-0.2, -0.15) is 13.2 Å². The number of fused-ring (bicyclic) bond motifs is 2. The van der Waals surface area contributed by atoms with Gasteiger partial charge in [-0.15, -0.1) is 0 Å². The number of methoxy groups -OCH3 is 3. The number of benzene rings is 11. The first kappa shape index (κ1) is 49.6. The number of hydrogen-bond acceptors (Lipinski definition) is 3. The quantitative estimate of drug-likeness (QED) is 0.121. The van der Waals surface area contributed by atoms with Crippen molar-refractivity contribution >= 4 is 33.1 Å². The summed E-state index contributed by atoms with van der Waals surface area (Å²) in [5, 5.41) is 4.25. The molecule has 0 saturated heterocycles. The van der Waals surface area contributed by atoms with E-state index in [-0.39, 0.29) is 0 Å². The van der Waals surface area contributed by atoms with E-state index in [0.717, 1.165) is 122 Å². The highest BCUT2D eigenvalue weighted by Crippen LogP contribution is 2.57. The lowest BCUT2D eigenvalue weighted by Gasteiger charge is -2.28. The average molecular weight is 1020 g/mol. The zero-order valence-electron chi connectivity index (χ0n) is 42.9. The third-order valence-corrected chi connectivity index (χ3v) is 14.7. The Hall–Kier alpha value is -8.58. The van der Waals surface area contributed by atoms with Gasteiger partial charge in [0.25, 0.3) is 0 Å². The van der Waals surface area contributed by atoms with Crippen molar-refractivity contribution in [1.82, 2.24) is 0 Å². The predicted octanol–water partition coefficient (Wildman–Crippen LogP) is 20.0. The third kappa shape index (κ3) is 9.24. The zero-order chi connectivity index (χ0) is 52.8. The monoisotopic (exact) mass is 1020 g/mol. The number of alkyl halides is 3. The van der Waals surface area contributed by atoms with Crippen LogP contribution in [0.2, 0.25) is 5.02 Å². The minimum Gasteiger partial charge on any atom is -0.497 e. The van der Waals surface area contributed by atoms with Crippen LogP contribution in [-0.2, 0) is 6.18 Å². The van der Waals surface area contributed by atoms with Crippen molar-refractivity contribution in [3.63, 3.8) is 0 Å². The van der Waals surface area contributed by atoms with Gasteiger partial charge in [-0.1, -0.05) is 168 Å². The van der Waals surface area contributed by atoms with Gasteiger partial charge in [-0.3, -0.25) is 0 Å². The molecule has 11 rings (SSSR count). The summed E-state index contributed by atoms with van der Waals surface area (Å²) in [6, 6.07) is 68.3. The predicted molar refractivity (Wildman–Crippen MR) is 309 cm³/mol. The Morgan fingerprint density at radius 2 is 0.671 bits per heavy atom. The van der Waals surface area contributed by atoms with Crippen LogP contribution in [0.25, 0.3) is 111 Å². The van der Waals surface area contributed by atoms with Gasteiger partial charge in [-0.25, -0.2) is 0 Å². The van der Waals surface area contributed by atoms with Gasteiger partial charge in [-0.05, 0) is 192 Å². The molecule has 374 valence electrons. The van der Waals surface area contributed by atoms with Gasteiger partial charge in [0, 0.05) is 11.1 Å². The van der Waals surface area contributed by atoms with Crippen molar-refractivity contribution in [3.8, 4) is 106 Å². The number of rotatable bonds is 11. The fraction of sp³-hybridized carbons (Fsp3) is 0.101. The van der Waals surface area contributed by atoms with E-state index < -0.39 is 11.7 Å². The highest BCUT2D eigenvalue weighted by atomic mass is 35.5. The Morgan fingerprint density at radius 3 is 1.11 bits per heavy atom. The summed E-state index contributed by atoms with van der Waals surface area (Å²) in [7, 11) is 4.97. The molecule has 11 aromatic carbocycles. The van der Waals surface area contributed by atoms with Crippen LogP contribution in [0.1, 0.15) is 22.3 Å². The third-order valence-electron chi connectivity index (χ3n) is 14.4. The Bertz CT molecular complexity index is 3940. The maximum Gasteiger partial charge on any atom is 0.416 e. The Balaban J connectivity index is 1.48. The number of hydrogen-bond donors (Lipinski definition) is 0. The number of halogens is 4. The Kier molecular flexibility index (Phi) is 13.2. The van der Waals surface area contributed by atoms with Gasteiger partial charge < -0.3 is 14.2 Å². The van der Waals surface area contributed by atoms with Crippen molar-refractivity contribution in [3.05, 3.63) is 234 Å². The molecule has 0 aliphatic rings. The molecule has 0 spiro atoms. The molecule has 0 atom stereocenters. The first-order chi connectivity index (χ1) is 36.8. The molecule has 11 aromatic rings. The molecular weight excluding hydrogens is 969 g/mol. The summed E-state index contributed by atoms with van der Waals surface area (Å²) in [5.41, 5.74) is 17.1. The first-order valence-corrected chi connectivity index (χ1v) is 25.4. The van der Waals surface area contributed by atoms with Gasteiger partial charge in [0.2, 0.25) is 0 Å². The lowest BCUT2D eigenvalue weighted by atomic mass is 9.75. The highest BCUT2D eigenvalue weighted by Gasteiger charge is 2.32. The van der Waals surface area contributed by atoms with Crippen LogP contribution in [0.4, 0.5) is 13.2 Å². The van der Waals surface area contributed by atoms with Gasteiger partial charge in [0.05, 0.1) is 26.9 Å². The summed E-state index contributed by atoms with van der Waals surface area (Å²) in [6.45, 7) is 6.27. The minimum absolute atomic E-state index is 0.602. The van der Waals surface area contributed by atoms with E-state index in [1.807, 2.05) is 48.5 Å². The van der Waals surface area contributed by atoms with E-state index in [9.17, 15) is 13.2 Å². The minimum atomic E-state index is -4.54. The SMILES string of the molecule is COc1ccc(-c2c(-c3ccccc3)c(-c3ccc(C(F)(F)F)cc3)c3cc4c(-c5cccc(C)c5)c(-c5cc(OC)cc(OC)c5)c(-c5ccc(C)cc5)c(-c5ccc(Cl)cc5)c4cc3c2-c2ccc(C)cc2)cc1. The van der Waals surface area contributed by atoms with Crippen molar-refractivity contribution in [1.29, 1.82) is 0 Å². The Morgan fingerprint density at radius 1 is 0.303 bits per heavy atom. The molecule has 0 saturated carbocycles. The molecular formula is C69H52ClF3O3. The van der Waals surface area contributed by atoms with E-state index in [0.29, 0.717) is 27.8 Å². The van der Waals surface area contributed by atoms with Crippen molar-refractivity contribution < 1.29 is 27.4 Å². The average Bonchev–Trinajstić information content (AvgIpc) is 3.61. The molecule has 7 heteroatoms. The van der Waals surface area contributed by atoms with Crippen molar-refractivity contribution in [2.45, 2.75) is 26.9 Å². The topological polar surface area (TPSA) is 27.7 Å². The molecule has 76 heavy (non-hydrogen) atoms. The molecule has 0 unspecified atom stereocenters. The van der Waals surface area contributed by atoms with Crippen LogP contribution in [0, 0.1) is 20.8 Å². The fourth-order valence-electron chi connectivity index (χ4n) is 10.8. The van der Waals surface area contributed by atoms with Crippen LogP contribution in [-0.4, -0.2) is 21.3 Å². The van der Waals surface area contributed by atoms with E-state index in [2.05, 4.69) is 154 Å². The van der Waals surface area contributed by atoms with E-state index in [1.54, 1.807) is 33.5 Å². The molecule has 0 aromatic heterocycles. The number of aryl methyl sites for hydroxylation is 3. The van der Waals surface area contributed by atoms with E-state index >= 15 is 0 Å². The Labute approximate surface area is 446 Å². The summed E-state index contributed by atoms with van der Waals surface area (Å²) >= 11 is 6.76. The lowest BCUT2D eigenvalue weighted by Crippen LogP contribution is -2.04. The van der Waals surface area contributed by atoms with Gasteiger partial charge >= 0.3 is 6.18 Å². The van der Waals surface area contributed by atoms with Crippen LogP contribution in [0.15, 0.2) is 206 Å².